The number of hydrogen-bond acceptors (Lipinski definition) is 3. The Bertz CT molecular complexity index is 11.6. The zero-order chi connectivity index (χ0) is 3.58. The molecular weight excluding hydrogens is 162 g/mol. The average molecular weight is 162 g/mol. The van der Waals surface area contributed by atoms with Crippen molar-refractivity contribution in [1.82, 2.24) is 0 Å². The molecule has 26 valence electrons. The molecule has 0 heterocycles. The van der Waals surface area contributed by atoms with Gasteiger partial charge in [0, 0.05) is 0 Å². The Kier molecular flexibility index (Phi) is 12.3. The van der Waals surface area contributed by atoms with Gasteiger partial charge >= 0.3 is 79.3 Å². The van der Waals surface area contributed by atoms with Gasteiger partial charge in [0.2, 0.25) is 0 Å². The van der Waals surface area contributed by atoms with Crippen LogP contribution in [0.4, 0.5) is 0 Å². The second-order valence-electron chi connectivity index (χ2n) is 0.224. The molecule has 0 rings (SSSR count). The van der Waals surface area contributed by atoms with Gasteiger partial charge in [-0.05, 0) is 0 Å². The molecule has 0 atom stereocenters. The van der Waals surface area contributed by atoms with E-state index < -0.39 is 15.7 Å². The summed E-state index contributed by atoms with van der Waals surface area (Å²) in [5.74, 6) is 0. The Morgan fingerprint density at radius 2 is 1.00 bits per heavy atom. The topological polar surface area (TPSA) is 69.2 Å². The zero-order valence-corrected chi connectivity index (χ0v) is 7.67. The summed E-state index contributed by atoms with van der Waals surface area (Å²) in [5.41, 5.74) is 0. The maximum atomic E-state index is 8.56. The van der Waals surface area contributed by atoms with Crippen molar-refractivity contribution < 1.29 is 63.7 Å². The van der Waals surface area contributed by atoms with Crippen LogP contribution >= 0.6 is 0 Å². The molecular formula is AsKO3-2. The molecule has 0 unspecified atom stereocenters. The van der Waals surface area contributed by atoms with E-state index in [1.807, 2.05) is 0 Å². The molecule has 0 aliphatic rings. The third-order valence-corrected chi connectivity index (χ3v) is 0. The molecule has 5 heavy (non-hydrogen) atoms. The molecule has 0 bridgehead atoms. The van der Waals surface area contributed by atoms with Crippen LogP contribution in [0.2, 0.25) is 0 Å². The van der Waals surface area contributed by atoms with Crippen molar-refractivity contribution in [3.05, 3.63) is 0 Å². The van der Waals surface area contributed by atoms with Crippen molar-refractivity contribution >= 4 is 15.7 Å². The van der Waals surface area contributed by atoms with Gasteiger partial charge in [-0.15, -0.1) is 0 Å². The van der Waals surface area contributed by atoms with Gasteiger partial charge in [0.15, 0.2) is 0 Å². The van der Waals surface area contributed by atoms with E-state index in [4.69, 9.17) is 12.3 Å². The molecule has 0 aliphatic carbocycles. The van der Waals surface area contributed by atoms with E-state index in [1.165, 1.54) is 0 Å². The Balaban J connectivity index is 0. The van der Waals surface area contributed by atoms with E-state index in [2.05, 4.69) is 0 Å². The first kappa shape index (κ1) is 10.1. The molecule has 0 aliphatic heterocycles. The molecule has 0 saturated carbocycles. The molecule has 0 saturated heterocycles. The van der Waals surface area contributed by atoms with Crippen molar-refractivity contribution in [2.24, 2.45) is 0 Å². The van der Waals surface area contributed by atoms with Crippen LogP contribution in [0, 0.1) is 0 Å². The van der Waals surface area contributed by atoms with E-state index in [0.29, 0.717) is 0 Å². The first-order valence-corrected chi connectivity index (χ1v) is 2.85. The van der Waals surface area contributed by atoms with Crippen LogP contribution in [0.3, 0.4) is 0 Å². The fraction of sp³-hybridized carbons (Fsp3) is 0. The molecule has 0 aromatic rings. The molecule has 0 fully saturated rings. The first-order valence-electron chi connectivity index (χ1n) is 0.548. The van der Waals surface area contributed by atoms with Crippen LogP contribution in [-0.4, -0.2) is 15.7 Å². The second-order valence-corrected chi connectivity index (χ2v) is 1.16. The zero-order valence-electron chi connectivity index (χ0n) is 2.67. The number of hydrogen-bond donors (Lipinski definition) is 0. The fourth-order valence-electron chi connectivity index (χ4n) is 0. The van der Waals surface area contributed by atoms with Crippen LogP contribution in [0.1, 0.15) is 0 Å². The van der Waals surface area contributed by atoms with Gasteiger partial charge in [0.25, 0.3) is 0 Å². The summed E-state index contributed by atoms with van der Waals surface area (Å²) >= 11 is -3.94. The van der Waals surface area contributed by atoms with Gasteiger partial charge in [-0.2, -0.15) is 0 Å². The standard InChI is InChI=1S/AsO3.K/c2-1(3)4;/q-3;+1. The molecule has 0 aromatic carbocycles. The van der Waals surface area contributed by atoms with E-state index >= 15 is 0 Å². The van der Waals surface area contributed by atoms with Crippen LogP contribution in [-0.2, 0) is 0 Å². The Hall–Kier alpha value is 2.07. The van der Waals surface area contributed by atoms with Gasteiger partial charge in [-0.3, -0.25) is 0 Å². The summed E-state index contributed by atoms with van der Waals surface area (Å²) in [5, 5.41) is 0. The summed E-state index contributed by atoms with van der Waals surface area (Å²) in [6.45, 7) is 0. The summed E-state index contributed by atoms with van der Waals surface area (Å²) < 4.78 is 25.7. The molecule has 3 nitrogen and oxygen atoms in total. The molecule has 5 heteroatoms. The van der Waals surface area contributed by atoms with Crippen molar-refractivity contribution in [3.63, 3.8) is 0 Å². The Morgan fingerprint density at radius 1 is 1.00 bits per heavy atom. The minimum absolute atomic E-state index is 0. The Labute approximate surface area is 77.8 Å². The van der Waals surface area contributed by atoms with Gasteiger partial charge < -0.3 is 0 Å². The molecule has 0 aromatic heterocycles. The van der Waals surface area contributed by atoms with E-state index in [9.17, 15) is 0 Å². The van der Waals surface area contributed by atoms with Gasteiger partial charge in [-0.25, -0.2) is 0 Å². The molecule has 0 radical (unpaired) electrons. The van der Waals surface area contributed by atoms with Crippen LogP contribution in [0.25, 0.3) is 0 Å². The average Bonchev–Trinajstić information content (AvgIpc) is 0.811. The van der Waals surface area contributed by atoms with E-state index in [1.54, 1.807) is 0 Å². The van der Waals surface area contributed by atoms with E-state index in [0.717, 1.165) is 0 Å². The molecule has 0 N–H and O–H groups in total. The summed E-state index contributed by atoms with van der Waals surface area (Å²) in [4.78, 5) is 0. The van der Waals surface area contributed by atoms with Crippen LogP contribution < -0.4 is 63.7 Å². The normalized spacial score (nSPS) is 7.20. The van der Waals surface area contributed by atoms with Crippen LogP contribution in [0.15, 0.2) is 0 Å². The molecule has 0 amide bonds. The van der Waals surface area contributed by atoms with Crippen molar-refractivity contribution in [1.29, 1.82) is 0 Å². The quantitative estimate of drug-likeness (QED) is 0.332. The van der Waals surface area contributed by atoms with Crippen molar-refractivity contribution in [2.75, 3.05) is 0 Å². The van der Waals surface area contributed by atoms with Gasteiger partial charge in [0.05, 0.1) is 0 Å². The van der Waals surface area contributed by atoms with E-state index in [-0.39, 0.29) is 51.4 Å². The second kappa shape index (κ2) is 6.07. The van der Waals surface area contributed by atoms with Crippen LogP contribution in [0.5, 0.6) is 0 Å². The summed E-state index contributed by atoms with van der Waals surface area (Å²) in [7, 11) is 0. The minimum atomic E-state index is -3.94. The van der Waals surface area contributed by atoms with Gasteiger partial charge in [0.1, 0.15) is 0 Å². The predicted octanol–water partition coefficient (Wildman–Crippen LogP) is -6.94. The monoisotopic (exact) mass is 162 g/mol. The maximum absolute atomic E-state index is 8.56. The Morgan fingerprint density at radius 3 is 1.00 bits per heavy atom. The fourth-order valence-corrected chi connectivity index (χ4v) is 0. The van der Waals surface area contributed by atoms with Crippen molar-refractivity contribution in [3.8, 4) is 0 Å². The first-order chi connectivity index (χ1) is 1.73. The van der Waals surface area contributed by atoms with Crippen molar-refractivity contribution in [2.45, 2.75) is 0 Å². The third-order valence-electron chi connectivity index (χ3n) is 0. The SMILES string of the molecule is [K+].[O-][As]([O-])[O-]. The third kappa shape index (κ3) is 23.4. The van der Waals surface area contributed by atoms with Gasteiger partial charge in [-0.1, -0.05) is 0 Å². The molecule has 0 spiro atoms. The number of rotatable bonds is 0. The summed E-state index contributed by atoms with van der Waals surface area (Å²) in [6.07, 6.45) is 0. The summed E-state index contributed by atoms with van der Waals surface area (Å²) in [6, 6.07) is 0. The predicted molar refractivity (Wildman–Crippen MR) is 5.75 cm³/mol.